The zero-order chi connectivity index (χ0) is 10.6. The predicted molar refractivity (Wildman–Crippen MR) is 58.5 cm³/mol. The monoisotopic (exact) mass is 211 g/mol. The molecule has 76 valence electrons. The van der Waals surface area contributed by atoms with Crippen molar-refractivity contribution in [3.63, 3.8) is 0 Å². The van der Waals surface area contributed by atoms with Gasteiger partial charge in [0.15, 0.2) is 0 Å². The molecule has 0 heterocycles. The van der Waals surface area contributed by atoms with E-state index in [2.05, 4.69) is 0 Å². The number of hydrogen-bond donors (Lipinski definition) is 1. The molecular formula is C11H14ClNO. The Kier molecular flexibility index (Phi) is 4.11. The molecule has 2 nitrogen and oxygen atoms in total. The van der Waals surface area contributed by atoms with Crippen LogP contribution in [0.2, 0.25) is 5.02 Å². The van der Waals surface area contributed by atoms with Gasteiger partial charge in [0.05, 0.1) is 0 Å². The van der Waals surface area contributed by atoms with E-state index in [9.17, 15) is 4.79 Å². The summed E-state index contributed by atoms with van der Waals surface area (Å²) < 4.78 is 0. The molecule has 3 heteroatoms. The summed E-state index contributed by atoms with van der Waals surface area (Å²) in [6, 6.07) is 7.35. The molecule has 1 atom stereocenters. The Hall–Kier alpha value is -0.860. The van der Waals surface area contributed by atoms with Crippen molar-refractivity contribution in [2.75, 3.05) is 6.54 Å². The number of benzene rings is 1. The lowest BCUT2D eigenvalue weighted by molar-refractivity contribution is -0.118. The summed E-state index contributed by atoms with van der Waals surface area (Å²) in [5.74, 6) is 0.0649. The molecule has 0 aromatic heterocycles. The van der Waals surface area contributed by atoms with Gasteiger partial charge in [0.1, 0.15) is 5.78 Å². The van der Waals surface area contributed by atoms with Crippen LogP contribution in [0.5, 0.6) is 0 Å². The Balaban J connectivity index is 2.87. The summed E-state index contributed by atoms with van der Waals surface area (Å²) in [4.78, 5) is 11.3. The molecular weight excluding hydrogens is 198 g/mol. The third-order valence-electron chi connectivity index (χ3n) is 2.22. The molecule has 0 saturated heterocycles. The fourth-order valence-electron chi connectivity index (χ4n) is 1.47. The maximum absolute atomic E-state index is 11.3. The summed E-state index contributed by atoms with van der Waals surface area (Å²) in [6.07, 6.45) is 0.691. The first-order valence-corrected chi connectivity index (χ1v) is 4.99. The molecule has 0 unspecified atom stereocenters. The second-order valence-corrected chi connectivity index (χ2v) is 3.73. The number of nitrogens with two attached hydrogens (primary N) is 1. The first-order chi connectivity index (χ1) is 6.65. The molecule has 2 N–H and O–H groups in total. The molecule has 1 aromatic rings. The van der Waals surface area contributed by atoms with Crippen molar-refractivity contribution in [1.29, 1.82) is 0 Å². The van der Waals surface area contributed by atoms with E-state index in [1.807, 2.05) is 12.1 Å². The fourth-order valence-corrected chi connectivity index (χ4v) is 1.59. The van der Waals surface area contributed by atoms with Crippen LogP contribution in [0.4, 0.5) is 0 Å². The van der Waals surface area contributed by atoms with Gasteiger partial charge in [-0.15, -0.1) is 0 Å². The molecule has 0 fully saturated rings. The summed E-state index contributed by atoms with van der Waals surface area (Å²) in [6.45, 7) is 2.11. The zero-order valence-corrected chi connectivity index (χ0v) is 8.92. The van der Waals surface area contributed by atoms with Gasteiger partial charge in [-0.25, -0.2) is 0 Å². The van der Waals surface area contributed by atoms with Gasteiger partial charge < -0.3 is 5.73 Å². The molecule has 0 radical (unpaired) electrons. The standard InChI is InChI=1S/C11H14ClNO/c1-8(14)11(6-7-13)9-2-4-10(12)5-3-9/h2-5,11H,6-7,13H2,1H3/t11-/m0/s1. The number of carbonyl (C=O) groups is 1. The average Bonchev–Trinajstić information content (AvgIpc) is 2.15. The maximum Gasteiger partial charge on any atom is 0.137 e. The van der Waals surface area contributed by atoms with Crippen molar-refractivity contribution in [1.82, 2.24) is 0 Å². The predicted octanol–water partition coefficient (Wildman–Crippen LogP) is 2.36. The number of rotatable bonds is 4. The van der Waals surface area contributed by atoms with Gasteiger partial charge in [-0.1, -0.05) is 23.7 Å². The van der Waals surface area contributed by atoms with Crippen molar-refractivity contribution >= 4 is 17.4 Å². The summed E-state index contributed by atoms with van der Waals surface area (Å²) in [7, 11) is 0. The second-order valence-electron chi connectivity index (χ2n) is 3.29. The third-order valence-corrected chi connectivity index (χ3v) is 2.47. The number of ketones is 1. The van der Waals surface area contributed by atoms with Crippen LogP contribution < -0.4 is 5.73 Å². The minimum atomic E-state index is -0.0859. The molecule has 14 heavy (non-hydrogen) atoms. The lowest BCUT2D eigenvalue weighted by atomic mass is 9.92. The molecule has 0 bridgehead atoms. The van der Waals surface area contributed by atoms with Crippen LogP contribution >= 0.6 is 11.6 Å². The highest BCUT2D eigenvalue weighted by atomic mass is 35.5. The van der Waals surface area contributed by atoms with Gasteiger partial charge in [-0.05, 0) is 37.6 Å². The second kappa shape index (κ2) is 5.13. The average molecular weight is 212 g/mol. The minimum Gasteiger partial charge on any atom is -0.330 e. The van der Waals surface area contributed by atoms with Crippen LogP contribution in [0.25, 0.3) is 0 Å². The largest absolute Gasteiger partial charge is 0.330 e. The molecule has 1 rings (SSSR count). The van der Waals surface area contributed by atoms with Gasteiger partial charge in [-0.3, -0.25) is 4.79 Å². The molecule has 0 saturated carbocycles. The van der Waals surface area contributed by atoms with Crippen molar-refractivity contribution in [3.05, 3.63) is 34.9 Å². The van der Waals surface area contributed by atoms with Crippen molar-refractivity contribution < 1.29 is 4.79 Å². The Labute approximate surface area is 89.1 Å². The summed E-state index contributed by atoms with van der Waals surface area (Å²) in [5, 5.41) is 0.684. The van der Waals surface area contributed by atoms with E-state index < -0.39 is 0 Å². The summed E-state index contributed by atoms with van der Waals surface area (Å²) >= 11 is 5.76. The summed E-state index contributed by atoms with van der Waals surface area (Å²) in [5.41, 5.74) is 6.45. The van der Waals surface area contributed by atoms with Gasteiger partial charge in [-0.2, -0.15) is 0 Å². The minimum absolute atomic E-state index is 0.0859. The number of Topliss-reactive ketones (excluding diaryl/α,β-unsaturated/α-hetero) is 1. The van der Waals surface area contributed by atoms with E-state index in [-0.39, 0.29) is 11.7 Å². The zero-order valence-electron chi connectivity index (χ0n) is 8.16. The van der Waals surface area contributed by atoms with Gasteiger partial charge in [0, 0.05) is 10.9 Å². The maximum atomic E-state index is 11.3. The van der Waals surface area contributed by atoms with Gasteiger partial charge in [0.2, 0.25) is 0 Å². The smallest absolute Gasteiger partial charge is 0.137 e. The van der Waals surface area contributed by atoms with Crippen molar-refractivity contribution in [2.24, 2.45) is 5.73 Å². The Morgan fingerprint density at radius 1 is 1.43 bits per heavy atom. The van der Waals surface area contributed by atoms with Crippen LogP contribution in [-0.2, 0) is 4.79 Å². The lowest BCUT2D eigenvalue weighted by Crippen LogP contribution is -2.13. The fraction of sp³-hybridized carbons (Fsp3) is 0.364. The van der Waals surface area contributed by atoms with Crippen LogP contribution in [0.3, 0.4) is 0 Å². The first kappa shape index (κ1) is 11.2. The lowest BCUT2D eigenvalue weighted by Gasteiger charge is -2.12. The van der Waals surface area contributed by atoms with Crippen LogP contribution in [0.15, 0.2) is 24.3 Å². The van der Waals surface area contributed by atoms with Gasteiger partial charge >= 0.3 is 0 Å². The quantitative estimate of drug-likeness (QED) is 0.831. The van der Waals surface area contributed by atoms with E-state index >= 15 is 0 Å². The Morgan fingerprint density at radius 2 is 2.00 bits per heavy atom. The van der Waals surface area contributed by atoms with E-state index in [0.29, 0.717) is 18.0 Å². The van der Waals surface area contributed by atoms with Crippen LogP contribution in [-0.4, -0.2) is 12.3 Å². The first-order valence-electron chi connectivity index (χ1n) is 4.61. The molecule has 0 aliphatic heterocycles. The molecule has 0 aliphatic carbocycles. The van der Waals surface area contributed by atoms with E-state index in [1.54, 1.807) is 19.1 Å². The highest BCUT2D eigenvalue weighted by molar-refractivity contribution is 6.30. The van der Waals surface area contributed by atoms with Crippen LogP contribution in [0, 0.1) is 0 Å². The molecule has 1 aromatic carbocycles. The molecule has 0 amide bonds. The highest BCUT2D eigenvalue weighted by Gasteiger charge is 2.15. The Morgan fingerprint density at radius 3 is 2.43 bits per heavy atom. The van der Waals surface area contributed by atoms with E-state index in [1.165, 1.54) is 0 Å². The van der Waals surface area contributed by atoms with Crippen molar-refractivity contribution in [3.8, 4) is 0 Å². The number of hydrogen-bond acceptors (Lipinski definition) is 2. The third kappa shape index (κ3) is 2.82. The number of carbonyl (C=O) groups excluding carboxylic acids is 1. The van der Waals surface area contributed by atoms with Gasteiger partial charge in [0.25, 0.3) is 0 Å². The van der Waals surface area contributed by atoms with E-state index in [4.69, 9.17) is 17.3 Å². The van der Waals surface area contributed by atoms with E-state index in [0.717, 1.165) is 5.56 Å². The van der Waals surface area contributed by atoms with Crippen molar-refractivity contribution in [2.45, 2.75) is 19.3 Å². The molecule has 0 aliphatic rings. The normalized spacial score (nSPS) is 12.5. The van der Waals surface area contributed by atoms with Crippen LogP contribution in [0.1, 0.15) is 24.8 Å². The highest BCUT2D eigenvalue weighted by Crippen LogP contribution is 2.21. The topological polar surface area (TPSA) is 43.1 Å². The molecule has 0 spiro atoms. The Bertz CT molecular complexity index is 308. The SMILES string of the molecule is CC(=O)[C@H](CCN)c1ccc(Cl)cc1. The number of halogens is 1.